The first kappa shape index (κ1) is 9.11. The summed E-state index contributed by atoms with van der Waals surface area (Å²) in [7, 11) is 0. The number of rotatable bonds is 2. The molecule has 0 aromatic rings. The van der Waals surface area contributed by atoms with Crippen LogP contribution in [0.5, 0.6) is 0 Å². The van der Waals surface area contributed by atoms with Gasteiger partial charge in [0.15, 0.2) is 0 Å². The van der Waals surface area contributed by atoms with Crippen LogP contribution < -0.4 is 5.73 Å². The summed E-state index contributed by atoms with van der Waals surface area (Å²) >= 11 is 0. The predicted molar refractivity (Wildman–Crippen MR) is 53.6 cm³/mol. The van der Waals surface area contributed by atoms with Gasteiger partial charge in [-0.1, -0.05) is 18.7 Å². The largest absolute Gasteiger partial charge is 0.402 e. The van der Waals surface area contributed by atoms with Gasteiger partial charge >= 0.3 is 0 Å². The molecule has 0 saturated carbocycles. The van der Waals surface area contributed by atoms with Gasteiger partial charge in [-0.3, -0.25) is 0 Å². The first-order chi connectivity index (χ1) is 5.75. The molecule has 2 N–H and O–H groups in total. The highest BCUT2D eigenvalue weighted by molar-refractivity contribution is 5.35. The van der Waals surface area contributed by atoms with Crippen LogP contribution in [0.4, 0.5) is 0 Å². The summed E-state index contributed by atoms with van der Waals surface area (Å²) in [6.07, 6.45) is 8.59. The van der Waals surface area contributed by atoms with Gasteiger partial charge in [0, 0.05) is 5.70 Å². The molecule has 1 heteroatoms. The second kappa shape index (κ2) is 4.15. The molecule has 1 nitrogen and oxygen atoms in total. The van der Waals surface area contributed by atoms with Gasteiger partial charge in [0.2, 0.25) is 0 Å². The lowest BCUT2D eigenvalue weighted by Crippen LogP contribution is -2.08. The summed E-state index contributed by atoms with van der Waals surface area (Å²) in [5.74, 6) is 0. The van der Waals surface area contributed by atoms with E-state index in [-0.39, 0.29) is 0 Å². The van der Waals surface area contributed by atoms with Gasteiger partial charge in [0.1, 0.15) is 0 Å². The summed E-state index contributed by atoms with van der Waals surface area (Å²) in [5.41, 5.74) is 9.62. The minimum absolute atomic E-state index is 1.07. The van der Waals surface area contributed by atoms with E-state index in [4.69, 9.17) is 5.73 Å². The molecular weight excluding hydrogens is 146 g/mol. The van der Waals surface area contributed by atoms with Crippen molar-refractivity contribution >= 4 is 0 Å². The van der Waals surface area contributed by atoms with Crippen LogP contribution in [0, 0.1) is 0 Å². The molecule has 1 aliphatic rings. The van der Waals surface area contributed by atoms with Crippen molar-refractivity contribution in [1.82, 2.24) is 0 Å². The Hall–Kier alpha value is -0.980. The normalized spacial score (nSPS) is 19.6. The first-order valence-corrected chi connectivity index (χ1v) is 4.53. The Morgan fingerprint density at radius 3 is 2.67 bits per heavy atom. The molecule has 1 aliphatic carbocycles. The first-order valence-electron chi connectivity index (χ1n) is 4.53. The number of nitrogens with two attached hydrogens (primary N) is 1. The van der Waals surface area contributed by atoms with Gasteiger partial charge in [0.05, 0.1) is 0 Å². The van der Waals surface area contributed by atoms with Crippen molar-refractivity contribution in [3.8, 4) is 0 Å². The fourth-order valence-corrected chi connectivity index (χ4v) is 1.66. The van der Waals surface area contributed by atoms with E-state index in [9.17, 15) is 0 Å². The zero-order valence-electron chi connectivity index (χ0n) is 7.77. The van der Waals surface area contributed by atoms with Crippen LogP contribution in [0.3, 0.4) is 0 Å². The van der Waals surface area contributed by atoms with E-state index >= 15 is 0 Å². The highest BCUT2D eigenvalue weighted by Crippen LogP contribution is 2.26. The zero-order chi connectivity index (χ0) is 8.97. The minimum Gasteiger partial charge on any atom is -0.402 e. The second-order valence-electron chi connectivity index (χ2n) is 3.30. The van der Waals surface area contributed by atoms with Crippen molar-refractivity contribution in [2.45, 2.75) is 32.6 Å². The molecule has 0 bridgehead atoms. The van der Waals surface area contributed by atoms with E-state index in [1.54, 1.807) is 0 Å². The van der Waals surface area contributed by atoms with E-state index in [0.717, 1.165) is 18.5 Å². The third-order valence-corrected chi connectivity index (χ3v) is 2.35. The molecule has 0 radical (unpaired) electrons. The molecule has 0 aromatic carbocycles. The molecule has 0 saturated heterocycles. The third-order valence-electron chi connectivity index (χ3n) is 2.35. The molecule has 0 heterocycles. The van der Waals surface area contributed by atoms with Crippen LogP contribution in [0.1, 0.15) is 32.6 Å². The molecule has 12 heavy (non-hydrogen) atoms. The summed E-state index contributed by atoms with van der Waals surface area (Å²) in [4.78, 5) is 0. The van der Waals surface area contributed by atoms with Crippen LogP contribution in [-0.4, -0.2) is 0 Å². The monoisotopic (exact) mass is 163 g/mol. The second-order valence-corrected chi connectivity index (χ2v) is 3.30. The average molecular weight is 163 g/mol. The minimum atomic E-state index is 1.07. The van der Waals surface area contributed by atoms with Gasteiger partial charge < -0.3 is 5.73 Å². The quantitative estimate of drug-likeness (QED) is 0.622. The molecular formula is C11H17N. The molecule has 0 unspecified atom stereocenters. The zero-order valence-corrected chi connectivity index (χ0v) is 7.77. The summed E-state index contributed by atoms with van der Waals surface area (Å²) < 4.78 is 0. The lowest BCUT2D eigenvalue weighted by molar-refractivity contribution is 0.671. The molecule has 0 aliphatic heterocycles. The number of hydrogen-bond acceptors (Lipinski definition) is 1. The van der Waals surface area contributed by atoms with Gasteiger partial charge in [-0.05, 0) is 43.8 Å². The standard InChI is InChI=1S/C11H17N/c1-3-6-9(2)10-7-4-5-8-11(10)12/h3,6H,1,4-5,7-8,12H2,2H3/b9-6-. The predicted octanol–water partition coefficient (Wildman–Crippen LogP) is 2.91. The fraction of sp³-hybridized carbons (Fsp3) is 0.455. The maximum atomic E-state index is 5.91. The fourth-order valence-electron chi connectivity index (χ4n) is 1.66. The Kier molecular flexibility index (Phi) is 3.15. The number of allylic oxidation sites excluding steroid dienone is 5. The van der Waals surface area contributed by atoms with E-state index in [2.05, 4.69) is 13.5 Å². The Morgan fingerprint density at radius 1 is 1.42 bits per heavy atom. The highest BCUT2D eigenvalue weighted by atomic mass is 14.6. The van der Waals surface area contributed by atoms with Gasteiger partial charge in [-0.25, -0.2) is 0 Å². The van der Waals surface area contributed by atoms with Crippen LogP contribution in [0.2, 0.25) is 0 Å². The van der Waals surface area contributed by atoms with Crippen molar-refractivity contribution in [2.75, 3.05) is 0 Å². The van der Waals surface area contributed by atoms with Crippen LogP contribution in [-0.2, 0) is 0 Å². The van der Waals surface area contributed by atoms with Gasteiger partial charge in [-0.2, -0.15) is 0 Å². The highest BCUT2D eigenvalue weighted by Gasteiger charge is 2.10. The van der Waals surface area contributed by atoms with Crippen molar-refractivity contribution < 1.29 is 0 Å². The SMILES string of the molecule is C=C/C=C(/C)C1=C(N)CCCC1. The molecule has 0 spiro atoms. The van der Waals surface area contributed by atoms with Crippen LogP contribution in [0.25, 0.3) is 0 Å². The maximum Gasteiger partial charge on any atom is 0.0116 e. The molecule has 1 rings (SSSR count). The van der Waals surface area contributed by atoms with Crippen molar-refractivity contribution in [2.24, 2.45) is 5.73 Å². The van der Waals surface area contributed by atoms with E-state index in [1.165, 1.54) is 24.0 Å². The molecule has 0 aromatic heterocycles. The lowest BCUT2D eigenvalue weighted by atomic mass is 9.92. The summed E-state index contributed by atoms with van der Waals surface area (Å²) in [6, 6.07) is 0. The van der Waals surface area contributed by atoms with E-state index < -0.39 is 0 Å². The molecule has 66 valence electrons. The molecule has 0 fully saturated rings. The van der Waals surface area contributed by atoms with Gasteiger partial charge in [0.25, 0.3) is 0 Å². The average Bonchev–Trinajstić information content (AvgIpc) is 2.05. The topological polar surface area (TPSA) is 26.0 Å². The van der Waals surface area contributed by atoms with Crippen molar-refractivity contribution in [1.29, 1.82) is 0 Å². The van der Waals surface area contributed by atoms with Gasteiger partial charge in [-0.15, -0.1) is 0 Å². The smallest absolute Gasteiger partial charge is 0.0116 e. The van der Waals surface area contributed by atoms with Crippen molar-refractivity contribution in [3.05, 3.63) is 35.6 Å². The summed E-state index contributed by atoms with van der Waals surface area (Å²) in [6.45, 7) is 5.79. The van der Waals surface area contributed by atoms with Crippen LogP contribution in [0.15, 0.2) is 35.6 Å². The lowest BCUT2D eigenvalue weighted by Gasteiger charge is -2.17. The summed E-state index contributed by atoms with van der Waals surface area (Å²) in [5, 5.41) is 0. The number of hydrogen-bond donors (Lipinski definition) is 1. The Morgan fingerprint density at radius 2 is 2.08 bits per heavy atom. The van der Waals surface area contributed by atoms with Crippen LogP contribution >= 0.6 is 0 Å². The Balaban J connectivity index is 2.84. The Bertz CT molecular complexity index is 228. The molecule has 0 amide bonds. The van der Waals surface area contributed by atoms with Crippen molar-refractivity contribution in [3.63, 3.8) is 0 Å². The van der Waals surface area contributed by atoms with E-state index in [1.807, 2.05) is 12.2 Å². The molecule has 0 atom stereocenters. The third kappa shape index (κ3) is 2.00. The Labute approximate surface area is 74.7 Å². The maximum absolute atomic E-state index is 5.91. The van der Waals surface area contributed by atoms with E-state index in [0.29, 0.717) is 0 Å².